The van der Waals surface area contributed by atoms with Crippen molar-refractivity contribution >= 4 is 5.91 Å². The summed E-state index contributed by atoms with van der Waals surface area (Å²) in [7, 11) is 0. The van der Waals surface area contributed by atoms with Crippen LogP contribution in [0.1, 0.15) is 19.3 Å². The molecule has 4 nitrogen and oxygen atoms in total. The van der Waals surface area contributed by atoms with E-state index in [1.54, 1.807) is 0 Å². The van der Waals surface area contributed by atoms with Crippen molar-refractivity contribution < 1.29 is 9.53 Å². The number of carbonyl (C=O) groups excluding carboxylic acids is 1. The first-order valence-electron chi connectivity index (χ1n) is 5.45. The predicted octanol–water partition coefficient (Wildman–Crippen LogP) is -0.109. The number of ether oxygens (including phenoxy) is 1. The Kier molecular flexibility index (Phi) is 3.37. The Morgan fingerprint density at radius 1 is 1.29 bits per heavy atom. The molecule has 0 saturated carbocycles. The summed E-state index contributed by atoms with van der Waals surface area (Å²) >= 11 is 0. The second kappa shape index (κ2) is 4.75. The molecule has 0 aromatic rings. The minimum absolute atomic E-state index is 0.208. The van der Waals surface area contributed by atoms with Crippen molar-refractivity contribution in [3.05, 3.63) is 0 Å². The van der Waals surface area contributed by atoms with E-state index in [-0.39, 0.29) is 11.8 Å². The van der Waals surface area contributed by atoms with Crippen LogP contribution in [-0.4, -0.2) is 38.3 Å². The van der Waals surface area contributed by atoms with E-state index in [0.29, 0.717) is 6.04 Å². The van der Waals surface area contributed by atoms with Gasteiger partial charge >= 0.3 is 0 Å². The molecule has 1 amide bonds. The van der Waals surface area contributed by atoms with Crippen molar-refractivity contribution in [1.82, 2.24) is 10.6 Å². The monoisotopic (exact) mass is 198 g/mol. The van der Waals surface area contributed by atoms with Crippen LogP contribution in [0.3, 0.4) is 0 Å². The molecule has 0 aromatic heterocycles. The molecule has 80 valence electrons. The van der Waals surface area contributed by atoms with E-state index >= 15 is 0 Å². The van der Waals surface area contributed by atoms with Gasteiger partial charge in [0, 0.05) is 32.3 Å². The summed E-state index contributed by atoms with van der Waals surface area (Å²) in [6, 6.07) is 0.339. The fraction of sp³-hybridized carbons (Fsp3) is 0.900. The maximum Gasteiger partial charge on any atom is 0.225 e. The van der Waals surface area contributed by atoms with Crippen molar-refractivity contribution in [2.24, 2.45) is 5.92 Å². The number of hydrogen-bond donors (Lipinski definition) is 2. The Labute approximate surface area is 84.4 Å². The molecule has 0 bridgehead atoms. The van der Waals surface area contributed by atoms with Crippen LogP contribution < -0.4 is 10.6 Å². The molecule has 2 fully saturated rings. The standard InChI is InChI=1S/C10H18N2O2/c13-10(8-6-11-7-8)12-9-2-1-4-14-5-3-9/h8-9,11H,1-7H2,(H,12,13). The van der Waals surface area contributed by atoms with Crippen LogP contribution in [0, 0.1) is 5.92 Å². The first-order chi connectivity index (χ1) is 6.86. The number of carbonyl (C=O) groups is 1. The van der Waals surface area contributed by atoms with Gasteiger partial charge in [-0.1, -0.05) is 0 Å². The van der Waals surface area contributed by atoms with Gasteiger partial charge in [-0.05, 0) is 19.3 Å². The molecular formula is C10H18N2O2. The third-order valence-corrected chi connectivity index (χ3v) is 2.95. The fourth-order valence-electron chi connectivity index (χ4n) is 1.84. The molecule has 2 N–H and O–H groups in total. The molecule has 0 radical (unpaired) electrons. The lowest BCUT2D eigenvalue weighted by molar-refractivity contribution is -0.127. The Bertz CT molecular complexity index is 196. The normalized spacial score (nSPS) is 29.0. The van der Waals surface area contributed by atoms with E-state index in [4.69, 9.17) is 4.74 Å². The zero-order valence-electron chi connectivity index (χ0n) is 8.42. The summed E-state index contributed by atoms with van der Waals surface area (Å²) < 4.78 is 5.34. The van der Waals surface area contributed by atoms with E-state index in [9.17, 15) is 4.79 Å². The first-order valence-corrected chi connectivity index (χ1v) is 5.45. The lowest BCUT2D eigenvalue weighted by Crippen LogP contribution is -2.52. The van der Waals surface area contributed by atoms with E-state index in [1.165, 1.54) is 0 Å². The molecule has 0 spiro atoms. The average molecular weight is 198 g/mol. The second-order valence-electron chi connectivity index (χ2n) is 4.10. The molecule has 2 rings (SSSR count). The molecule has 1 atom stereocenters. The maximum atomic E-state index is 11.6. The molecule has 2 saturated heterocycles. The highest BCUT2D eigenvalue weighted by Gasteiger charge is 2.26. The van der Waals surface area contributed by atoms with Gasteiger partial charge in [0.15, 0.2) is 0 Å². The van der Waals surface area contributed by atoms with E-state index in [0.717, 1.165) is 45.6 Å². The van der Waals surface area contributed by atoms with Gasteiger partial charge < -0.3 is 15.4 Å². The highest BCUT2D eigenvalue weighted by Crippen LogP contribution is 2.10. The molecule has 0 aromatic carbocycles. The van der Waals surface area contributed by atoms with Gasteiger partial charge in [0.25, 0.3) is 0 Å². The lowest BCUT2D eigenvalue weighted by Gasteiger charge is -2.28. The van der Waals surface area contributed by atoms with Crippen LogP contribution in [0.5, 0.6) is 0 Å². The summed E-state index contributed by atoms with van der Waals surface area (Å²) in [5.74, 6) is 0.426. The van der Waals surface area contributed by atoms with Gasteiger partial charge in [-0.3, -0.25) is 4.79 Å². The van der Waals surface area contributed by atoms with Gasteiger partial charge in [-0.15, -0.1) is 0 Å². The zero-order valence-corrected chi connectivity index (χ0v) is 8.42. The van der Waals surface area contributed by atoms with E-state index in [1.807, 2.05) is 0 Å². The van der Waals surface area contributed by atoms with Gasteiger partial charge in [0.2, 0.25) is 5.91 Å². The minimum atomic E-state index is 0.208. The third-order valence-electron chi connectivity index (χ3n) is 2.95. The minimum Gasteiger partial charge on any atom is -0.381 e. The van der Waals surface area contributed by atoms with Crippen LogP contribution in [0.4, 0.5) is 0 Å². The number of amides is 1. The number of rotatable bonds is 2. The van der Waals surface area contributed by atoms with Crippen molar-refractivity contribution in [2.45, 2.75) is 25.3 Å². The largest absolute Gasteiger partial charge is 0.381 e. The lowest BCUT2D eigenvalue weighted by atomic mass is 10.0. The van der Waals surface area contributed by atoms with E-state index < -0.39 is 0 Å². The predicted molar refractivity (Wildman–Crippen MR) is 53.0 cm³/mol. The second-order valence-corrected chi connectivity index (χ2v) is 4.10. The van der Waals surface area contributed by atoms with Gasteiger partial charge in [-0.25, -0.2) is 0 Å². The highest BCUT2D eigenvalue weighted by atomic mass is 16.5. The highest BCUT2D eigenvalue weighted by molar-refractivity contribution is 5.80. The quantitative estimate of drug-likeness (QED) is 0.651. The van der Waals surface area contributed by atoms with Gasteiger partial charge in [-0.2, -0.15) is 0 Å². The van der Waals surface area contributed by atoms with Crippen LogP contribution >= 0.6 is 0 Å². The topological polar surface area (TPSA) is 50.4 Å². The van der Waals surface area contributed by atoms with Gasteiger partial charge in [0.1, 0.15) is 0 Å². The molecule has 1 unspecified atom stereocenters. The van der Waals surface area contributed by atoms with Crippen LogP contribution in [-0.2, 0) is 9.53 Å². The van der Waals surface area contributed by atoms with Crippen molar-refractivity contribution in [2.75, 3.05) is 26.3 Å². The maximum absolute atomic E-state index is 11.6. The van der Waals surface area contributed by atoms with Crippen molar-refractivity contribution in [1.29, 1.82) is 0 Å². The molecular weight excluding hydrogens is 180 g/mol. The zero-order chi connectivity index (χ0) is 9.80. The molecule has 2 heterocycles. The number of nitrogens with one attached hydrogen (secondary N) is 2. The molecule has 0 aliphatic carbocycles. The Morgan fingerprint density at radius 3 is 2.86 bits per heavy atom. The van der Waals surface area contributed by atoms with Crippen molar-refractivity contribution in [3.8, 4) is 0 Å². The average Bonchev–Trinajstić information content (AvgIpc) is 2.29. The molecule has 14 heavy (non-hydrogen) atoms. The van der Waals surface area contributed by atoms with Crippen LogP contribution in [0.2, 0.25) is 0 Å². The summed E-state index contributed by atoms with van der Waals surface area (Å²) in [5.41, 5.74) is 0. The molecule has 4 heteroatoms. The van der Waals surface area contributed by atoms with E-state index in [2.05, 4.69) is 10.6 Å². The smallest absolute Gasteiger partial charge is 0.225 e. The SMILES string of the molecule is O=C(NC1CCCOCC1)C1CNC1. The Balaban J connectivity index is 1.74. The summed E-state index contributed by atoms with van der Waals surface area (Å²) in [6.07, 6.45) is 3.09. The van der Waals surface area contributed by atoms with Crippen LogP contribution in [0.15, 0.2) is 0 Å². The summed E-state index contributed by atoms with van der Waals surface area (Å²) in [6.45, 7) is 3.31. The Hall–Kier alpha value is -0.610. The fourth-order valence-corrected chi connectivity index (χ4v) is 1.84. The number of hydrogen-bond acceptors (Lipinski definition) is 3. The first kappa shape index (κ1) is 9.93. The van der Waals surface area contributed by atoms with Gasteiger partial charge in [0.05, 0.1) is 5.92 Å². The van der Waals surface area contributed by atoms with Crippen molar-refractivity contribution in [3.63, 3.8) is 0 Å². The third kappa shape index (κ3) is 2.45. The molecule has 2 aliphatic rings. The summed E-state index contributed by atoms with van der Waals surface area (Å²) in [4.78, 5) is 11.6. The Morgan fingerprint density at radius 2 is 2.14 bits per heavy atom. The molecule has 2 aliphatic heterocycles. The van der Waals surface area contributed by atoms with Crippen LogP contribution in [0.25, 0.3) is 0 Å². The summed E-state index contributed by atoms with van der Waals surface area (Å²) in [5, 5.41) is 6.21.